The highest BCUT2D eigenvalue weighted by Crippen LogP contribution is 2.16. The first-order chi connectivity index (χ1) is 6.59. The van der Waals surface area contributed by atoms with E-state index < -0.39 is 11.2 Å². The van der Waals surface area contributed by atoms with Crippen molar-refractivity contribution in [2.45, 2.75) is 19.8 Å². The third-order valence-corrected chi connectivity index (χ3v) is 2.03. The van der Waals surface area contributed by atoms with Crippen LogP contribution >= 0.6 is 0 Å². The van der Waals surface area contributed by atoms with Gasteiger partial charge in [-0.05, 0) is 5.92 Å². The van der Waals surface area contributed by atoms with Crippen molar-refractivity contribution in [1.82, 2.24) is 20.2 Å². The number of nitrogens with one attached hydrogen (secondary N) is 3. The molecule has 0 aromatic carbocycles. The number of aromatic amines is 3. The van der Waals surface area contributed by atoms with Gasteiger partial charge in [-0.25, -0.2) is 4.79 Å². The smallest absolute Gasteiger partial charge is 0.304 e. The van der Waals surface area contributed by atoms with Gasteiger partial charge in [0.2, 0.25) is 0 Å². The van der Waals surface area contributed by atoms with E-state index in [-0.39, 0.29) is 5.92 Å². The first-order valence-corrected chi connectivity index (χ1v) is 4.30. The summed E-state index contributed by atoms with van der Waals surface area (Å²) in [5, 5.41) is 6.58. The first kappa shape index (κ1) is 8.74. The molecule has 6 heteroatoms. The van der Waals surface area contributed by atoms with Crippen LogP contribution in [0.2, 0.25) is 0 Å². The van der Waals surface area contributed by atoms with Gasteiger partial charge in [0, 0.05) is 0 Å². The lowest BCUT2D eigenvalue weighted by Crippen LogP contribution is -2.21. The molecule has 0 amide bonds. The van der Waals surface area contributed by atoms with Crippen molar-refractivity contribution in [2.75, 3.05) is 0 Å². The molecule has 0 unspecified atom stereocenters. The van der Waals surface area contributed by atoms with Gasteiger partial charge >= 0.3 is 5.69 Å². The van der Waals surface area contributed by atoms with Gasteiger partial charge in [-0.3, -0.25) is 14.9 Å². The Morgan fingerprint density at radius 2 is 1.86 bits per heavy atom. The Morgan fingerprint density at radius 1 is 1.14 bits per heavy atom. The van der Waals surface area contributed by atoms with Crippen LogP contribution in [0.15, 0.2) is 9.59 Å². The molecule has 0 aliphatic heterocycles. The molecule has 0 bridgehead atoms. The monoisotopic (exact) mass is 194 g/mol. The van der Waals surface area contributed by atoms with Crippen LogP contribution < -0.4 is 11.2 Å². The SMILES string of the molecule is CC(C)c1n[nH]c2c(=O)[nH]c(=O)[nH]c12. The summed E-state index contributed by atoms with van der Waals surface area (Å²) in [6.07, 6.45) is 0. The molecule has 2 heterocycles. The van der Waals surface area contributed by atoms with Gasteiger partial charge in [0.1, 0.15) is 5.52 Å². The van der Waals surface area contributed by atoms with Crippen LogP contribution in [0.4, 0.5) is 0 Å². The molecule has 14 heavy (non-hydrogen) atoms. The van der Waals surface area contributed by atoms with Gasteiger partial charge in [-0.15, -0.1) is 0 Å². The third-order valence-electron chi connectivity index (χ3n) is 2.03. The first-order valence-electron chi connectivity index (χ1n) is 4.30. The predicted octanol–water partition coefficient (Wildman–Crippen LogP) is 0.0629. The maximum atomic E-state index is 11.3. The summed E-state index contributed by atoms with van der Waals surface area (Å²) in [6.45, 7) is 3.88. The molecule has 0 radical (unpaired) electrons. The summed E-state index contributed by atoms with van der Waals surface area (Å²) in [5.41, 5.74) is 0.555. The van der Waals surface area contributed by atoms with E-state index in [4.69, 9.17) is 0 Å². The lowest BCUT2D eigenvalue weighted by molar-refractivity contribution is 0.815. The zero-order valence-electron chi connectivity index (χ0n) is 7.84. The van der Waals surface area contributed by atoms with Gasteiger partial charge < -0.3 is 4.98 Å². The van der Waals surface area contributed by atoms with E-state index in [0.717, 1.165) is 0 Å². The standard InChI is InChI=1S/C8H10N4O2/c1-3(2)4-5-6(12-11-4)7(13)10-8(14)9-5/h3H,1-2H3,(H,11,12)(H2,9,10,13,14). The van der Waals surface area contributed by atoms with Crippen molar-refractivity contribution in [3.63, 3.8) is 0 Å². The zero-order chi connectivity index (χ0) is 10.3. The molecular formula is C8H10N4O2. The Kier molecular flexibility index (Phi) is 1.77. The Hall–Kier alpha value is -1.85. The van der Waals surface area contributed by atoms with E-state index in [2.05, 4.69) is 20.2 Å². The quantitative estimate of drug-likeness (QED) is 0.599. The average molecular weight is 194 g/mol. The van der Waals surface area contributed by atoms with Gasteiger partial charge in [0.15, 0.2) is 0 Å². The summed E-state index contributed by atoms with van der Waals surface area (Å²) >= 11 is 0. The number of H-pyrrole nitrogens is 3. The Labute approximate surface area is 78.4 Å². The highest BCUT2D eigenvalue weighted by Gasteiger charge is 2.12. The van der Waals surface area contributed by atoms with Crippen LogP contribution in [0.25, 0.3) is 11.0 Å². The van der Waals surface area contributed by atoms with Gasteiger partial charge in [-0.2, -0.15) is 5.10 Å². The number of fused-ring (bicyclic) bond motifs is 1. The average Bonchev–Trinajstić information content (AvgIpc) is 2.47. The van der Waals surface area contributed by atoms with E-state index in [9.17, 15) is 9.59 Å². The van der Waals surface area contributed by atoms with Crippen LogP contribution in [0.5, 0.6) is 0 Å². The number of rotatable bonds is 1. The highest BCUT2D eigenvalue weighted by molar-refractivity contribution is 5.75. The van der Waals surface area contributed by atoms with Crippen molar-refractivity contribution in [1.29, 1.82) is 0 Å². The second-order valence-electron chi connectivity index (χ2n) is 3.42. The summed E-state index contributed by atoms with van der Waals surface area (Å²) in [4.78, 5) is 27.0. The van der Waals surface area contributed by atoms with Gasteiger partial charge in [0.05, 0.1) is 11.2 Å². The fourth-order valence-electron chi connectivity index (χ4n) is 1.38. The predicted molar refractivity (Wildman–Crippen MR) is 51.4 cm³/mol. The fourth-order valence-corrected chi connectivity index (χ4v) is 1.38. The molecule has 0 fully saturated rings. The Morgan fingerprint density at radius 3 is 2.50 bits per heavy atom. The minimum Gasteiger partial charge on any atom is -0.304 e. The number of hydrogen-bond acceptors (Lipinski definition) is 3. The van der Waals surface area contributed by atoms with Crippen molar-refractivity contribution >= 4 is 11.0 Å². The van der Waals surface area contributed by atoms with Crippen LogP contribution in [-0.2, 0) is 0 Å². The van der Waals surface area contributed by atoms with Crippen molar-refractivity contribution in [3.8, 4) is 0 Å². The largest absolute Gasteiger partial charge is 0.326 e. The van der Waals surface area contributed by atoms with E-state index in [0.29, 0.717) is 16.7 Å². The molecule has 0 aliphatic carbocycles. The molecule has 0 saturated carbocycles. The zero-order valence-corrected chi connectivity index (χ0v) is 7.84. The number of aromatic nitrogens is 4. The second kappa shape index (κ2) is 2.83. The van der Waals surface area contributed by atoms with E-state index in [1.807, 2.05) is 13.8 Å². The van der Waals surface area contributed by atoms with Gasteiger partial charge in [-0.1, -0.05) is 13.8 Å². The van der Waals surface area contributed by atoms with Gasteiger partial charge in [0.25, 0.3) is 5.56 Å². The molecule has 0 aliphatic rings. The highest BCUT2D eigenvalue weighted by atomic mass is 16.2. The molecule has 74 valence electrons. The minimum atomic E-state index is -0.509. The molecule has 0 spiro atoms. The normalized spacial score (nSPS) is 11.4. The molecule has 2 aromatic rings. The summed E-state index contributed by atoms with van der Waals surface area (Å²) in [6, 6.07) is 0. The maximum Gasteiger partial charge on any atom is 0.326 e. The summed E-state index contributed by atoms with van der Waals surface area (Å²) in [7, 11) is 0. The lowest BCUT2D eigenvalue weighted by atomic mass is 10.1. The Bertz CT molecular complexity index is 575. The van der Waals surface area contributed by atoms with Crippen LogP contribution in [-0.4, -0.2) is 20.2 Å². The molecule has 3 N–H and O–H groups in total. The van der Waals surface area contributed by atoms with Crippen LogP contribution in [0.1, 0.15) is 25.5 Å². The summed E-state index contributed by atoms with van der Waals surface area (Å²) in [5.74, 6) is 0.154. The molecule has 0 atom stereocenters. The molecule has 2 aromatic heterocycles. The third kappa shape index (κ3) is 1.15. The molecule has 0 saturated heterocycles. The molecular weight excluding hydrogens is 184 g/mol. The maximum absolute atomic E-state index is 11.3. The Balaban J connectivity index is 2.92. The van der Waals surface area contributed by atoms with Crippen LogP contribution in [0, 0.1) is 0 Å². The number of nitrogens with zero attached hydrogens (tertiary/aromatic N) is 1. The van der Waals surface area contributed by atoms with Crippen LogP contribution in [0.3, 0.4) is 0 Å². The van der Waals surface area contributed by atoms with E-state index >= 15 is 0 Å². The minimum absolute atomic E-state index is 0.154. The topological polar surface area (TPSA) is 94.4 Å². The lowest BCUT2D eigenvalue weighted by Gasteiger charge is -1.98. The van der Waals surface area contributed by atoms with E-state index in [1.165, 1.54) is 0 Å². The van der Waals surface area contributed by atoms with E-state index in [1.54, 1.807) is 0 Å². The second-order valence-corrected chi connectivity index (χ2v) is 3.42. The number of hydrogen-bond donors (Lipinski definition) is 3. The van der Waals surface area contributed by atoms with Crippen molar-refractivity contribution in [3.05, 3.63) is 26.5 Å². The molecule has 2 rings (SSSR count). The molecule has 6 nitrogen and oxygen atoms in total. The summed E-state index contributed by atoms with van der Waals surface area (Å²) < 4.78 is 0. The van der Waals surface area contributed by atoms with Crippen molar-refractivity contribution in [2.24, 2.45) is 0 Å². The van der Waals surface area contributed by atoms with Crippen molar-refractivity contribution < 1.29 is 0 Å². The fraction of sp³-hybridized carbons (Fsp3) is 0.375.